The van der Waals surface area contributed by atoms with Crippen LogP contribution in [-0.4, -0.2) is 22.1 Å². The van der Waals surface area contributed by atoms with Crippen molar-refractivity contribution in [2.24, 2.45) is 0 Å². The summed E-state index contributed by atoms with van der Waals surface area (Å²) in [5.74, 6) is 0.230. The summed E-state index contributed by atoms with van der Waals surface area (Å²) in [5, 5.41) is 11.5. The van der Waals surface area contributed by atoms with Crippen molar-refractivity contribution in [1.29, 1.82) is 0 Å². The Balaban J connectivity index is 1.84. The maximum atomic E-state index is 12.3. The van der Waals surface area contributed by atoms with Crippen molar-refractivity contribution in [2.75, 3.05) is 0 Å². The van der Waals surface area contributed by atoms with Crippen LogP contribution in [0.4, 0.5) is 0 Å². The van der Waals surface area contributed by atoms with Crippen molar-refractivity contribution in [3.63, 3.8) is 0 Å². The number of phenols is 1. The molecule has 4 nitrogen and oxygen atoms in total. The minimum atomic E-state index is -0.221. The number of aryl methyl sites for hydroxylation is 1. The van der Waals surface area contributed by atoms with E-state index in [1.54, 1.807) is 6.07 Å². The van der Waals surface area contributed by atoms with E-state index in [-0.39, 0.29) is 11.4 Å². The van der Waals surface area contributed by atoms with Crippen LogP contribution in [0.1, 0.15) is 56.2 Å². The van der Waals surface area contributed by atoms with Gasteiger partial charge >= 0.3 is 5.63 Å². The normalized spacial score (nSPS) is 24.4. The molecule has 2 atom stereocenters. The topological polar surface area (TPSA) is 53.7 Å². The Bertz CT molecular complexity index is 829. The zero-order chi connectivity index (χ0) is 16.8. The van der Waals surface area contributed by atoms with E-state index in [0.29, 0.717) is 24.2 Å². The van der Waals surface area contributed by atoms with Gasteiger partial charge in [0.1, 0.15) is 11.3 Å². The largest absolute Gasteiger partial charge is 0.507 e. The quantitative estimate of drug-likeness (QED) is 0.854. The molecule has 2 aliphatic rings. The Labute approximate surface area is 142 Å². The molecule has 2 aromatic rings. The second kappa shape index (κ2) is 5.92. The summed E-state index contributed by atoms with van der Waals surface area (Å²) in [6.07, 6.45) is 6.35. The zero-order valence-electron chi connectivity index (χ0n) is 14.5. The van der Waals surface area contributed by atoms with Crippen LogP contribution in [0.25, 0.3) is 11.0 Å². The predicted molar refractivity (Wildman–Crippen MR) is 94.5 cm³/mol. The third-order valence-electron chi connectivity index (χ3n) is 5.94. The van der Waals surface area contributed by atoms with Gasteiger partial charge < -0.3 is 9.52 Å². The Hall–Kier alpha value is -1.81. The average molecular weight is 327 g/mol. The van der Waals surface area contributed by atoms with E-state index < -0.39 is 0 Å². The van der Waals surface area contributed by atoms with Gasteiger partial charge in [-0.25, -0.2) is 4.79 Å². The molecule has 1 N–H and O–H groups in total. The lowest BCUT2D eigenvalue weighted by Crippen LogP contribution is -2.43. The van der Waals surface area contributed by atoms with Crippen molar-refractivity contribution < 1.29 is 9.52 Å². The molecule has 0 unspecified atom stereocenters. The molecule has 0 bridgehead atoms. The van der Waals surface area contributed by atoms with Crippen LogP contribution in [0.15, 0.2) is 21.3 Å². The van der Waals surface area contributed by atoms with E-state index in [0.717, 1.165) is 41.3 Å². The lowest BCUT2D eigenvalue weighted by Gasteiger charge is -2.39. The second-order valence-corrected chi connectivity index (χ2v) is 7.44. The highest BCUT2D eigenvalue weighted by atomic mass is 16.4. The average Bonchev–Trinajstić information content (AvgIpc) is 3.03. The monoisotopic (exact) mass is 327 g/mol. The maximum absolute atomic E-state index is 12.3. The molecule has 4 heteroatoms. The van der Waals surface area contributed by atoms with Crippen LogP contribution in [0.3, 0.4) is 0 Å². The molecule has 24 heavy (non-hydrogen) atoms. The van der Waals surface area contributed by atoms with Gasteiger partial charge in [0.15, 0.2) is 0 Å². The third kappa shape index (κ3) is 2.44. The number of piperidine rings is 1. The van der Waals surface area contributed by atoms with Crippen molar-refractivity contribution in [3.05, 3.63) is 39.2 Å². The van der Waals surface area contributed by atoms with Crippen molar-refractivity contribution in [1.82, 2.24) is 4.90 Å². The molecule has 2 heterocycles. The summed E-state index contributed by atoms with van der Waals surface area (Å²) >= 11 is 0. The van der Waals surface area contributed by atoms with Gasteiger partial charge in [0.2, 0.25) is 0 Å². The van der Waals surface area contributed by atoms with Crippen LogP contribution in [-0.2, 0) is 19.4 Å². The van der Waals surface area contributed by atoms with Crippen LogP contribution in [0, 0.1) is 0 Å². The molecule has 4 rings (SSSR count). The van der Waals surface area contributed by atoms with E-state index in [9.17, 15) is 9.90 Å². The van der Waals surface area contributed by atoms with Crippen molar-refractivity contribution >= 4 is 11.0 Å². The summed E-state index contributed by atoms with van der Waals surface area (Å²) in [7, 11) is 0. The highest BCUT2D eigenvalue weighted by molar-refractivity contribution is 5.86. The van der Waals surface area contributed by atoms with Gasteiger partial charge in [-0.15, -0.1) is 0 Å². The van der Waals surface area contributed by atoms with Gasteiger partial charge in [-0.1, -0.05) is 6.42 Å². The molecule has 128 valence electrons. The number of phenolic OH excluding ortho intramolecular Hbond substituents is 1. The van der Waals surface area contributed by atoms with Crippen molar-refractivity contribution in [3.8, 4) is 5.75 Å². The van der Waals surface area contributed by atoms with E-state index in [2.05, 4.69) is 18.7 Å². The molecule has 1 aromatic heterocycles. The van der Waals surface area contributed by atoms with Crippen LogP contribution in [0.5, 0.6) is 5.75 Å². The summed E-state index contributed by atoms with van der Waals surface area (Å²) in [6, 6.07) is 4.62. The molecule has 1 aliphatic carbocycles. The fraction of sp³-hybridized carbons (Fsp3) is 0.550. The lowest BCUT2D eigenvalue weighted by molar-refractivity contribution is 0.0945. The van der Waals surface area contributed by atoms with Gasteiger partial charge in [0, 0.05) is 29.6 Å². The summed E-state index contributed by atoms with van der Waals surface area (Å²) in [6.45, 7) is 5.12. The number of rotatable bonds is 2. The number of hydrogen-bond acceptors (Lipinski definition) is 4. The number of nitrogens with zero attached hydrogens (tertiary/aromatic N) is 1. The molecular weight excluding hydrogens is 302 g/mol. The highest BCUT2D eigenvalue weighted by Gasteiger charge is 2.28. The van der Waals surface area contributed by atoms with Crippen LogP contribution < -0.4 is 5.63 Å². The van der Waals surface area contributed by atoms with E-state index in [4.69, 9.17) is 4.42 Å². The molecule has 1 fully saturated rings. The fourth-order valence-corrected chi connectivity index (χ4v) is 4.51. The summed E-state index contributed by atoms with van der Waals surface area (Å²) < 4.78 is 5.69. The standard InChI is InChI=1S/C20H25NO3/c1-12-5-3-6-13(2)21(12)11-17-18(22)10-9-15-14-7-4-8-16(14)20(23)24-19(15)17/h9-10,12-13,22H,3-8,11H2,1-2H3/t12-,13+. The highest BCUT2D eigenvalue weighted by Crippen LogP contribution is 2.35. The summed E-state index contributed by atoms with van der Waals surface area (Å²) in [4.78, 5) is 14.8. The Kier molecular flexibility index (Phi) is 3.87. The first-order chi connectivity index (χ1) is 11.6. The van der Waals surface area contributed by atoms with E-state index >= 15 is 0 Å². The maximum Gasteiger partial charge on any atom is 0.339 e. The number of benzene rings is 1. The van der Waals surface area contributed by atoms with Gasteiger partial charge in [-0.05, 0) is 63.6 Å². The molecule has 0 radical (unpaired) electrons. The van der Waals surface area contributed by atoms with Crippen molar-refractivity contribution in [2.45, 2.75) is 71.0 Å². The van der Waals surface area contributed by atoms with Gasteiger partial charge in [0.05, 0.1) is 5.56 Å². The molecule has 1 aromatic carbocycles. The SMILES string of the molecule is C[C@@H]1CCC[C@H](C)N1Cc1c(O)ccc2c3c(c(=O)oc12)CCC3. The first kappa shape index (κ1) is 15.7. The third-order valence-corrected chi connectivity index (χ3v) is 5.94. The first-order valence-corrected chi connectivity index (χ1v) is 9.11. The second-order valence-electron chi connectivity index (χ2n) is 7.44. The lowest BCUT2D eigenvalue weighted by atomic mass is 9.95. The van der Waals surface area contributed by atoms with E-state index in [1.807, 2.05) is 6.07 Å². The minimum Gasteiger partial charge on any atom is -0.507 e. The molecule has 0 amide bonds. The summed E-state index contributed by atoms with van der Waals surface area (Å²) in [5.41, 5.74) is 3.09. The Morgan fingerprint density at radius 1 is 1.12 bits per heavy atom. The number of likely N-dealkylation sites (tertiary alicyclic amines) is 1. The van der Waals surface area contributed by atoms with Gasteiger partial charge in [-0.2, -0.15) is 0 Å². The smallest absolute Gasteiger partial charge is 0.339 e. The fourth-order valence-electron chi connectivity index (χ4n) is 4.51. The van der Waals surface area contributed by atoms with Crippen LogP contribution >= 0.6 is 0 Å². The van der Waals surface area contributed by atoms with Gasteiger partial charge in [-0.3, -0.25) is 4.90 Å². The van der Waals surface area contributed by atoms with E-state index in [1.165, 1.54) is 19.3 Å². The Morgan fingerprint density at radius 2 is 1.83 bits per heavy atom. The zero-order valence-corrected chi connectivity index (χ0v) is 14.5. The first-order valence-electron chi connectivity index (χ1n) is 9.11. The number of aromatic hydroxyl groups is 1. The Morgan fingerprint density at radius 3 is 2.58 bits per heavy atom. The van der Waals surface area contributed by atoms with Gasteiger partial charge in [0.25, 0.3) is 0 Å². The molecule has 0 spiro atoms. The van der Waals surface area contributed by atoms with Crippen LogP contribution in [0.2, 0.25) is 0 Å². The molecule has 1 aliphatic heterocycles. The number of fused-ring (bicyclic) bond motifs is 3. The predicted octanol–water partition coefficient (Wildman–Crippen LogP) is 3.75. The minimum absolute atomic E-state index is 0.221. The molecule has 0 saturated carbocycles. The number of hydrogen-bond donors (Lipinski definition) is 1. The molecule has 1 saturated heterocycles. The molecular formula is C20H25NO3.